The Morgan fingerprint density at radius 3 is 2.29 bits per heavy atom. The first-order valence-corrected chi connectivity index (χ1v) is 11.7. The second-order valence-electron chi connectivity index (χ2n) is 9.54. The number of rotatable bonds is 8. The molecule has 2 amide bonds. The molecular weight excluding hydrogens is 414 g/mol. The molecule has 1 N–H and O–H groups in total. The summed E-state index contributed by atoms with van der Waals surface area (Å²) in [4.78, 5) is 28.5. The molecule has 1 aliphatic carbocycles. The van der Waals surface area contributed by atoms with Crippen LogP contribution in [-0.2, 0) is 9.53 Å². The summed E-state index contributed by atoms with van der Waals surface area (Å²) in [5.74, 6) is 0.492. The van der Waals surface area contributed by atoms with E-state index in [2.05, 4.69) is 48.5 Å². The maximum Gasteiger partial charge on any atom is 0.407 e. The van der Waals surface area contributed by atoms with Gasteiger partial charge in [0.25, 0.3) is 0 Å². The molecule has 2 rings (SSSR count). The van der Waals surface area contributed by atoms with Gasteiger partial charge in [-0.05, 0) is 71.4 Å². The number of anilines is 1. The van der Waals surface area contributed by atoms with E-state index >= 15 is 0 Å². The van der Waals surface area contributed by atoms with Gasteiger partial charge >= 0.3 is 6.09 Å². The first-order chi connectivity index (χ1) is 14.6. The lowest BCUT2D eigenvalue weighted by Crippen LogP contribution is -2.47. The minimum Gasteiger partial charge on any atom is -0.444 e. The summed E-state index contributed by atoms with van der Waals surface area (Å²) >= 11 is 5.86. The zero-order valence-electron chi connectivity index (χ0n) is 19.6. The molecule has 7 heteroatoms. The summed E-state index contributed by atoms with van der Waals surface area (Å²) in [5.41, 5.74) is 1.96. The molecule has 6 nitrogen and oxygen atoms in total. The van der Waals surface area contributed by atoms with Crippen LogP contribution < -0.4 is 10.2 Å². The maximum absolute atomic E-state index is 12.4. The molecular formula is C24H38ClN3O3. The van der Waals surface area contributed by atoms with Gasteiger partial charge in [-0.3, -0.25) is 4.79 Å². The molecule has 31 heavy (non-hydrogen) atoms. The van der Waals surface area contributed by atoms with Crippen molar-refractivity contribution in [1.82, 2.24) is 10.2 Å². The van der Waals surface area contributed by atoms with Crippen LogP contribution in [0.3, 0.4) is 0 Å². The first kappa shape index (κ1) is 25.3. The van der Waals surface area contributed by atoms with Gasteiger partial charge in [0.05, 0.1) is 0 Å². The van der Waals surface area contributed by atoms with Crippen LogP contribution in [0.2, 0.25) is 0 Å². The fraction of sp³-hybridized carbons (Fsp3) is 0.667. The number of alkyl halides is 1. The Hall–Kier alpha value is -1.95. The topological polar surface area (TPSA) is 61.9 Å². The second kappa shape index (κ2) is 11.6. The lowest BCUT2D eigenvalue weighted by atomic mass is 9.85. The van der Waals surface area contributed by atoms with E-state index in [4.69, 9.17) is 16.3 Å². The van der Waals surface area contributed by atoms with E-state index in [9.17, 15) is 9.59 Å². The zero-order valence-corrected chi connectivity index (χ0v) is 20.4. The summed E-state index contributed by atoms with van der Waals surface area (Å²) in [6.45, 7) is 9.39. The number of carbonyl (C=O) groups is 2. The molecule has 1 fully saturated rings. The molecule has 0 spiro atoms. The standard InChI is InChI=1S/C24H38ClN3O3/c1-18-6-10-20(11-7-18)27(5)17-19-8-12-21(13-9-19)28(22(29)16-25)15-14-26-23(30)31-24(2,3)4/h6-7,10-11,19,21H,8-9,12-17H2,1-5H3,(H,26,30). The fourth-order valence-corrected chi connectivity index (χ4v) is 4.26. The van der Waals surface area contributed by atoms with Crippen molar-refractivity contribution < 1.29 is 14.3 Å². The van der Waals surface area contributed by atoms with Crippen LogP contribution in [0.25, 0.3) is 0 Å². The van der Waals surface area contributed by atoms with E-state index in [0.717, 1.165) is 32.2 Å². The number of ether oxygens (including phenoxy) is 1. The highest BCUT2D eigenvalue weighted by molar-refractivity contribution is 6.27. The van der Waals surface area contributed by atoms with Gasteiger partial charge in [-0.15, -0.1) is 11.6 Å². The summed E-state index contributed by atoms with van der Waals surface area (Å²) in [5, 5.41) is 2.74. The van der Waals surface area contributed by atoms with Crippen molar-refractivity contribution in [3.63, 3.8) is 0 Å². The number of benzene rings is 1. The van der Waals surface area contributed by atoms with Gasteiger partial charge in [-0.2, -0.15) is 0 Å². The van der Waals surface area contributed by atoms with Gasteiger partial charge in [-0.1, -0.05) is 17.7 Å². The number of carbonyl (C=O) groups excluding carboxylic acids is 2. The van der Waals surface area contributed by atoms with Gasteiger partial charge in [-0.25, -0.2) is 4.79 Å². The maximum atomic E-state index is 12.4. The number of nitrogens with one attached hydrogen (secondary N) is 1. The normalized spacial score (nSPS) is 18.9. The number of amides is 2. The SMILES string of the molecule is Cc1ccc(N(C)CC2CCC(N(CCNC(=O)OC(C)(C)C)C(=O)CCl)CC2)cc1. The fourth-order valence-electron chi connectivity index (χ4n) is 4.11. The Labute approximate surface area is 192 Å². The first-order valence-electron chi connectivity index (χ1n) is 11.2. The van der Waals surface area contributed by atoms with Gasteiger partial charge in [0, 0.05) is 38.4 Å². The lowest BCUT2D eigenvalue weighted by Gasteiger charge is -2.38. The number of hydrogen-bond acceptors (Lipinski definition) is 4. The van der Waals surface area contributed by atoms with Crippen molar-refractivity contribution in [2.45, 2.75) is 65.0 Å². The smallest absolute Gasteiger partial charge is 0.407 e. The number of alkyl carbamates (subject to hydrolysis) is 1. The minimum absolute atomic E-state index is 0.0392. The molecule has 0 saturated heterocycles. The number of aryl methyl sites for hydroxylation is 1. The Morgan fingerprint density at radius 2 is 1.74 bits per heavy atom. The quantitative estimate of drug-likeness (QED) is 0.587. The van der Waals surface area contributed by atoms with Crippen LogP contribution in [0.4, 0.5) is 10.5 Å². The average molecular weight is 452 g/mol. The second-order valence-corrected chi connectivity index (χ2v) is 9.81. The van der Waals surface area contributed by atoms with Crippen LogP contribution in [-0.4, -0.2) is 61.1 Å². The molecule has 174 valence electrons. The Kier molecular flexibility index (Phi) is 9.48. The third-order valence-corrected chi connectivity index (χ3v) is 5.95. The van der Waals surface area contributed by atoms with Crippen LogP contribution in [0, 0.1) is 12.8 Å². The van der Waals surface area contributed by atoms with Gasteiger partial charge in [0.15, 0.2) is 0 Å². The third-order valence-electron chi connectivity index (χ3n) is 5.72. The molecule has 0 radical (unpaired) electrons. The number of nitrogens with zero attached hydrogens (tertiary/aromatic N) is 2. The molecule has 1 aromatic carbocycles. The largest absolute Gasteiger partial charge is 0.444 e. The molecule has 0 atom stereocenters. The molecule has 1 aliphatic rings. The van der Waals surface area contributed by atoms with Crippen molar-refractivity contribution in [3.05, 3.63) is 29.8 Å². The molecule has 0 bridgehead atoms. The number of hydrogen-bond donors (Lipinski definition) is 1. The van der Waals surface area contributed by atoms with Crippen molar-refractivity contribution >= 4 is 29.3 Å². The molecule has 1 aromatic rings. The summed E-state index contributed by atoms with van der Waals surface area (Å²) in [7, 11) is 2.14. The van der Waals surface area contributed by atoms with Crippen LogP contribution in [0.1, 0.15) is 52.0 Å². The average Bonchev–Trinajstić information content (AvgIpc) is 2.70. The van der Waals surface area contributed by atoms with E-state index in [-0.39, 0.29) is 17.8 Å². The summed E-state index contributed by atoms with van der Waals surface area (Å²) in [6, 6.07) is 8.79. The minimum atomic E-state index is -0.542. The van der Waals surface area contributed by atoms with Gasteiger partial charge < -0.3 is 19.9 Å². The van der Waals surface area contributed by atoms with Crippen LogP contribution in [0.5, 0.6) is 0 Å². The summed E-state index contributed by atoms with van der Waals surface area (Å²) in [6.07, 6.45) is 3.61. The van der Waals surface area contributed by atoms with Crippen LogP contribution in [0.15, 0.2) is 24.3 Å². The lowest BCUT2D eigenvalue weighted by molar-refractivity contribution is -0.131. The van der Waals surface area contributed by atoms with E-state index in [1.54, 1.807) is 0 Å². The van der Waals surface area contributed by atoms with E-state index in [0.29, 0.717) is 19.0 Å². The molecule has 0 aliphatic heterocycles. The number of halogens is 1. The van der Waals surface area contributed by atoms with E-state index in [1.165, 1.54) is 11.3 Å². The third kappa shape index (κ3) is 8.60. The highest BCUT2D eigenvalue weighted by atomic mass is 35.5. The predicted molar refractivity (Wildman–Crippen MR) is 127 cm³/mol. The summed E-state index contributed by atoms with van der Waals surface area (Å²) < 4.78 is 5.26. The Morgan fingerprint density at radius 1 is 1.13 bits per heavy atom. The van der Waals surface area contributed by atoms with Gasteiger partial charge in [0.2, 0.25) is 5.91 Å². The van der Waals surface area contributed by atoms with Crippen molar-refractivity contribution in [2.75, 3.05) is 37.5 Å². The zero-order chi connectivity index (χ0) is 23.0. The molecule has 0 unspecified atom stereocenters. The monoisotopic (exact) mass is 451 g/mol. The van der Waals surface area contributed by atoms with Crippen molar-refractivity contribution in [2.24, 2.45) is 5.92 Å². The highest BCUT2D eigenvalue weighted by Gasteiger charge is 2.29. The predicted octanol–water partition coefficient (Wildman–Crippen LogP) is 4.58. The van der Waals surface area contributed by atoms with Crippen LogP contribution >= 0.6 is 11.6 Å². The van der Waals surface area contributed by atoms with Crippen molar-refractivity contribution in [1.29, 1.82) is 0 Å². The highest BCUT2D eigenvalue weighted by Crippen LogP contribution is 2.29. The van der Waals surface area contributed by atoms with Gasteiger partial charge in [0.1, 0.15) is 11.5 Å². The Balaban J connectivity index is 1.82. The van der Waals surface area contributed by atoms with E-state index in [1.807, 2.05) is 25.7 Å². The Bertz CT molecular complexity index is 710. The molecule has 0 aromatic heterocycles. The van der Waals surface area contributed by atoms with Crippen molar-refractivity contribution in [3.8, 4) is 0 Å². The molecule has 0 heterocycles. The molecule has 1 saturated carbocycles. The van der Waals surface area contributed by atoms with E-state index < -0.39 is 11.7 Å².